The lowest BCUT2D eigenvalue weighted by Gasteiger charge is -2.15. The van der Waals surface area contributed by atoms with Gasteiger partial charge in [0, 0.05) is 6.04 Å². The number of benzene rings is 1. The Bertz CT molecular complexity index is 271. The van der Waals surface area contributed by atoms with E-state index in [1.165, 1.54) is 23.1 Å². The molecule has 1 aromatic rings. The van der Waals surface area contributed by atoms with Crippen LogP contribution in [-0.2, 0) is 0 Å². The topological polar surface area (TPSA) is 12.0 Å². The number of nitrogens with one attached hydrogen (secondary N) is 1. The van der Waals surface area contributed by atoms with Crippen LogP contribution in [0.2, 0.25) is 0 Å². The second kappa shape index (κ2) is 5.16. The van der Waals surface area contributed by atoms with Crippen LogP contribution in [0.25, 0.3) is 0 Å². The second-order valence-electron chi connectivity index (χ2n) is 4.10. The molecule has 0 fully saturated rings. The van der Waals surface area contributed by atoms with Gasteiger partial charge in [-0.1, -0.05) is 36.2 Å². The molecule has 0 aliphatic carbocycles. The van der Waals surface area contributed by atoms with Crippen molar-refractivity contribution in [2.24, 2.45) is 0 Å². The fraction of sp³-hybridized carbons (Fsp3) is 0.538. The van der Waals surface area contributed by atoms with E-state index in [0.717, 1.165) is 6.54 Å². The Kier molecular flexibility index (Phi) is 4.15. The smallest absolute Gasteiger partial charge is 0.0291 e. The van der Waals surface area contributed by atoms with Crippen molar-refractivity contribution >= 4 is 0 Å². The van der Waals surface area contributed by atoms with E-state index in [-0.39, 0.29) is 0 Å². The van der Waals surface area contributed by atoms with Gasteiger partial charge < -0.3 is 5.32 Å². The molecule has 78 valence electrons. The largest absolute Gasteiger partial charge is 0.310 e. The Labute approximate surface area is 87.5 Å². The molecule has 1 aromatic carbocycles. The maximum absolute atomic E-state index is 3.50. The Hall–Kier alpha value is -0.820. The average molecular weight is 191 g/mol. The number of aryl methyl sites for hydroxylation is 2. The minimum atomic E-state index is 0.466. The summed E-state index contributed by atoms with van der Waals surface area (Å²) in [5, 5.41) is 3.50. The standard InChI is InChI=1S/C13H21N/c1-5-6-14-12(4)13-8-10(2)7-11(3)9-13/h7-9,12,14H,5-6H2,1-4H3. The molecule has 0 bridgehead atoms. The van der Waals surface area contributed by atoms with Crippen molar-refractivity contribution in [3.63, 3.8) is 0 Å². The van der Waals surface area contributed by atoms with Gasteiger partial charge in [-0.2, -0.15) is 0 Å². The van der Waals surface area contributed by atoms with Gasteiger partial charge in [0.2, 0.25) is 0 Å². The molecule has 0 aromatic heterocycles. The quantitative estimate of drug-likeness (QED) is 0.769. The molecule has 14 heavy (non-hydrogen) atoms. The van der Waals surface area contributed by atoms with E-state index in [0.29, 0.717) is 6.04 Å². The van der Waals surface area contributed by atoms with Gasteiger partial charge in [-0.15, -0.1) is 0 Å². The molecule has 0 aliphatic rings. The molecule has 0 saturated carbocycles. The van der Waals surface area contributed by atoms with Crippen molar-refractivity contribution in [1.29, 1.82) is 0 Å². The maximum atomic E-state index is 3.50. The average Bonchev–Trinajstić information content (AvgIpc) is 2.12. The molecule has 1 heteroatoms. The summed E-state index contributed by atoms with van der Waals surface area (Å²) in [6.07, 6.45) is 1.19. The van der Waals surface area contributed by atoms with Gasteiger partial charge in [-0.3, -0.25) is 0 Å². The Morgan fingerprint density at radius 3 is 2.21 bits per heavy atom. The third-order valence-corrected chi connectivity index (χ3v) is 2.44. The minimum absolute atomic E-state index is 0.466. The SMILES string of the molecule is CCCNC(C)c1cc(C)cc(C)c1. The summed E-state index contributed by atoms with van der Waals surface area (Å²) in [5.41, 5.74) is 4.10. The molecule has 1 atom stereocenters. The van der Waals surface area contributed by atoms with Crippen LogP contribution in [0.15, 0.2) is 18.2 Å². The van der Waals surface area contributed by atoms with Crippen molar-refractivity contribution in [3.8, 4) is 0 Å². The molecule has 0 aliphatic heterocycles. The van der Waals surface area contributed by atoms with E-state index in [9.17, 15) is 0 Å². The van der Waals surface area contributed by atoms with Gasteiger partial charge in [0.1, 0.15) is 0 Å². The van der Waals surface area contributed by atoms with Crippen LogP contribution in [0.5, 0.6) is 0 Å². The Morgan fingerprint density at radius 2 is 1.71 bits per heavy atom. The summed E-state index contributed by atoms with van der Waals surface area (Å²) >= 11 is 0. The lowest BCUT2D eigenvalue weighted by atomic mass is 10.0. The van der Waals surface area contributed by atoms with Crippen LogP contribution in [0.3, 0.4) is 0 Å². The van der Waals surface area contributed by atoms with Gasteiger partial charge in [-0.25, -0.2) is 0 Å². The lowest BCUT2D eigenvalue weighted by Crippen LogP contribution is -2.19. The first kappa shape index (κ1) is 11.3. The zero-order valence-electron chi connectivity index (χ0n) is 9.72. The Balaban J connectivity index is 2.73. The number of hydrogen-bond acceptors (Lipinski definition) is 1. The van der Waals surface area contributed by atoms with E-state index < -0.39 is 0 Å². The molecule has 0 spiro atoms. The maximum Gasteiger partial charge on any atom is 0.0291 e. The third kappa shape index (κ3) is 3.15. The van der Waals surface area contributed by atoms with E-state index in [1.807, 2.05) is 0 Å². The highest BCUT2D eigenvalue weighted by Gasteiger charge is 2.04. The molecule has 0 saturated heterocycles. The summed E-state index contributed by atoms with van der Waals surface area (Å²) < 4.78 is 0. The number of hydrogen-bond donors (Lipinski definition) is 1. The normalized spacial score (nSPS) is 12.9. The van der Waals surface area contributed by atoms with Crippen molar-refractivity contribution in [2.75, 3.05) is 6.54 Å². The fourth-order valence-corrected chi connectivity index (χ4v) is 1.74. The summed E-state index contributed by atoms with van der Waals surface area (Å²) in [6.45, 7) is 9.82. The van der Waals surface area contributed by atoms with Crippen LogP contribution in [0.4, 0.5) is 0 Å². The molecular weight excluding hydrogens is 170 g/mol. The highest BCUT2D eigenvalue weighted by molar-refractivity contribution is 5.30. The predicted octanol–water partition coefficient (Wildman–Crippen LogP) is 3.36. The van der Waals surface area contributed by atoms with E-state index in [4.69, 9.17) is 0 Å². The first-order valence-corrected chi connectivity index (χ1v) is 5.45. The van der Waals surface area contributed by atoms with Crippen LogP contribution in [-0.4, -0.2) is 6.54 Å². The first-order valence-electron chi connectivity index (χ1n) is 5.45. The molecule has 1 rings (SSSR count). The monoisotopic (exact) mass is 191 g/mol. The van der Waals surface area contributed by atoms with Crippen LogP contribution in [0, 0.1) is 13.8 Å². The van der Waals surface area contributed by atoms with Crippen molar-refractivity contribution < 1.29 is 0 Å². The molecule has 1 N–H and O–H groups in total. The van der Waals surface area contributed by atoms with Gasteiger partial charge in [0.25, 0.3) is 0 Å². The number of rotatable bonds is 4. The molecule has 1 nitrogen and oxygen atoms in total. The third-order valence-electron chi connectivity index (χ3n) is 2.44. The molecule has 0 heterocycles. The van der Waals surface area contributed by atoms with Crippen molar-refractivity contribution in [3.05, 3.63) is 34.9 Å². The van der Waals surface area contributed by atoms with E-state index >= 15 is 0 Å². The van der Waals surface area contributed by atoms with E-state index in [1.54, 1.807) is 0 Å². The zero-order valence-corrected chi connectivity index (χ0v) is 9.72. The Morgan fingerprint density at radius 1 is 1.14 bits per heavy atom. The van der Waals surface area contributed by atoms with Crippen molar-refractivity contribution in [2.45, 2.75) is 40.2 Å². The first-order chi connectivity index (χ1) is 6.63. The molecule has 0 amide bonds. The van der Waals surface area contributed by atoms with Crippen LogP contribution < -0.4 is 5.32 Å². The highest BCUT2D eigenvalue weighted by atomic mass is 14.9. The minimum Gasteiger partial charge on any atom is -0.310 e. The summed E-state index contributed by atoms with van der Waals surface area (Å²) in [7, 11) is 0. The fourth-order valence-electron chi connectivity index (χ4n) is 1.74. The second-order valence-corrected chi connectivity index (χ2v) is 4.10. The lowest BCUT2D eigenvalue weighted by molar-refractivity contribution is 0.570. The van der Waals surface area contributed by atoms with Gasteiger partial charge >= 0.3 is 0 Å². The molecule has 1 unspecified atom stereocenters. The highest BCUT2D eigenvalue weighted by Crippen LogP contribution is 2.16. The summed E-state index contributed by atoms with van der Waals surface area (Å²) in [5.74, 6) is 0. The van der Waals surface area contributed by atoms with Gasteiger partial charge in [-0.05, 0) is 39.3 Å². The molecule has 0 radical (unpaired) electrons. The van der Waals surface area contributed by atoms with E-state index in [2.05, 4.69) is 51.2 Å². The predicted molar refractivity (Wildman–Crippen MR) is 62.6 cm³/mol. The van der Waals surface area contributed by atoms with Crippen LogP contribution in [0.1, 0.15) is 43.0 Å². The van der Waals surface area contributed by atoms with Crippen molar-refractivity contribution in [1.82, 2.24) is 5.32 Å². The summed E-state index contributed by atoms with van der Waals surface area (Å²) in [6, 6.07) is 7.21. The zero-order chi connectivity index (χ0) is 10.6. The van der Waals surface area contributed by atoms with Crippen LogP contribution >= 0.6 is 0 Å². The molecular formula is C13H21N. The summed E-state index contributed by atoms with van der Waals surface area (Å²) in [4.78, 5) is 0. The van der Waals surface area contributed by atoms with Gasteiger partial charge in [0.05, 0.1) is 0 Å². The van der Waals surface area contributed by atoms with Gasteiger partial charge in [0.15, 0.2) is 0 Å².